The summed E-state index contributed by atoms with van der Waals surface area (Å²) in [6.07, 6.45) is 2.67. The minimum absolute atomic E-state index is 0.101. The van der Waals surface area contributed by atoms with Crippen LogP contribution in [0.3, 0.4) is 0 Å². The number of para-hydroxylation sites is 1. The van der Waals surface area contributed by atoms with Gasteiger partial charge in [0.05, 0.1) is 12.8 Å². The van der Waals surface area contributed by atoms with Gasteiger partial charge >= 0.3 is 0 Å². The summed E-state index contributed by atoms with van der Waals surface area (Å²) in [6, 6.07) is 12.3. The van der Waals surface area contributed by atoms with Crippen LogP contribution in [-0.4, -0.2) is 22.1 Å². The van der Waals surface area contributed by atoms with Crippen molar-refractivity contribution in [3.05, 3.63) is 53.1 Å². The van der Waals surface area contributed by atoms with E-state index < -0.39 is 10.0 Å². The van der Waals surface area contributed by atoms with E-state index in [2.05, 4.69) is 0 Å². The molecule has 0 N–H and O–H groups in total. The van der Waals surface area contributed by atoms with Crippen molar-refractivity contribution in [2.75, 3.05) is 18.0 Å². The van der Waals surface area contributed by atoms with Crippen LogP contribution < -0.4 is 9.04 Å². The molecule has 0 radical (unpaired) electrons. The second kappa shape index (κ2) is 6.42. The third-order valence-electron chi connectivity index (χ3n) is 4.01. The van der Waals surface area contributed by atoms with Gasteiger partial charge in [0.1, 0.15) is 10.6 Å². The fourth-order valence-electron chi connectivity index (χ4n) is 2.88. The first-order valence-electron chi connectivity index (χ1n) is 7.48. The number of benzene rings is 2. The molecule has 23 heavy (non-hydrogen) atoms. The molecule has 0 aromatic heterocycles. The second-order valence-electron chi connectivity index (χ2n) is 5.46. The highest BCUT2D eigenvalue weighted by molar-refractivity contribution is 7.93. The first kappa shape index (κ1) is 16.1. The van der Waals surface area contributed by atoms with Crippen LogP contribution in [0.1, 0.15) is 18.4 Å². The molecule has 0 spiro atoms. The van der Waals surface area contributed by atoms with E-state index in [0.717, 1.165) is 30.5 Å². The van der Waals surface area contributed by atoms with Crippen molar-refractivity contribution in [1.82, 2.24) is 0 Å². The zero-order valence-electron chi connectivity index (χ0n) is 12.8. The normalized spacial score (nSPS) is 15.0. The molecule has 122 valence electrons. The van der Waals surface area contributed by atoms with Gasteiger partial charge in [-0.05, 0) is 49.1 Å². The molecule has 1 aliphatic heterocycles. The number of halogens is 1. The molecule has 0 bridgehead atoms. The van der Waals surface area contributed by atoms with E-state index in [1.165, 1.54) is 17.5 Å². The molecule has 1 heterocycles. The molecule has 0 aliphatic carbocycles. The largest absolute Gasteiger partial charge is 0.495 e. The Morgan fingerprint density at radius 3 is 2.70 bits per heavy atom. The van der Waals surface area contributed by atoms with E-state index in [0.29, 0.717) is 17.3 Å². The van der Waals surface area contributed by atoms with E-state index >= 15 is 0 Å². The van der Waals surface area contributed by atoms with Crippen LogP contribution in [0.4, 0.5) is 5.69 Å². The van der Waals surface area contributed by atoms with Gasteiger partial charge in [0.15, 0.2) is 0 Å². The van der Waals surface area contributed by atoms with Crippen molar-refractivity contribution in [3.8, 4) is 5.75 Å². The van der Waals surface area contributed by atoms with Crippen LogP contribution in [0.5, 0.6) is 5.75 Å². The molecule has 0 fully saturated rings. The molecule has 0 saturated carbocycles. The Kier molecular flexibility index (Phi) is 4.50. The number of ether oxygens (including phenoxy) is 1. The van der Waals surface area contributed by atoms with Crippen LogP contribution >= 0.6 is 11.6 Å². The Balaban J connectivity index is 2.15. The molecule has 6 heteroatoms. The van der Waals surface area contributed by atoms with Gasteiger partial charge in [0.25, 0.3) is 10.0 Å². The third kappa shape index (κ3) is 3.03. The smallest absolute Gasteiger partial charge is 0.268 e. The maximum Gasteiger partial charge on any atom is 0.268 e. The highest BCUT2D eigenvalue weighted by atomic mass is 35.5. The quantitative estimate of drug-likeness (QED) is 0.843. The predicted molar refractivity (Wildman–Crippen MR) is 91.9 cm³/mol. The highest BCUT2D eigenvalue weighted by Crippen LogP contribution is 2.35. The lowest BCUT2D eigenvalue weighted by Gasteiger charge is -2.25. The maximum absolute atomic E-state index is 13.2. The molecule has 1 aliphatic rings. The van der Waals surface area contributed by atoms with Crippen LogP contribution in [0, 0.1) is 0 Å². The Hall–Kier alpha value is -1.72. The monoisotopic (exact) mass is 351 g/mol. The Morgan fingerprint density at radius 1 is 1.13 bits per heavy atom. The average Bonchev–Trinajstić information content (AvgIpc) is 2.77. The summed E-state index contributed by atoms with van der Waals surface area (Å²) in [6.45, 7) is 0.453. The van der Waals surface area contributed by atoms with E-state index in [1.54, 1.807) is 12.1 Å². The molecular weight excluding hydrogens is 334 g/mol. The number of sulfonamides is 1. The number of aryl methyl sites for hydroxylation is 1. The fourth-order valence-corrected chi connectivity index (χ4v) is 4.84. The second-order valence-corrected chi connectivity index (χ2v) is 7.73. The summed E-state index contributed by atoms with van der Waals surface area (Å²) in [5.74, 6) is 0.302. The number of hydrogen-bond donors (Lipinski definition) is 0. The predicted octanol–water partition coefficient (Wildman–Crippen LogP) is 3.88. The number of hydrogen-bond acceptors (Lipinski definition) is 3. The van der Waals surface area contributed by atoms with Crippen LogP contribution in [0.2, 0.25) is 5.02 Å². The lowest BCUT2D eigenvalue weighted by molar-refractivity contribution is 0.402. The first-order chi connectivity index (χ1) is 11.0. The number of rotatable bonds is 3. The number of methoxy groups -OCH3 is 1. The van der Waals surface area contributed by atoms with Gasteiger partial charge in [-0.15, -0.1) is 0 Å². The Morgan fingerprint density at radius 2 is 1.91 bits per heavy atom. The number of fused-ring (bicyclic) bond motifs is 1. The molecule has 0 unspecified atom stereocenters. The van der Waals surface area contributed by atoms with Crippen LogP contribution in [0.15, 0.2) is 47.4 Å². The number of anilines is 1. The summed E-state index contributed by atoms with van der Waals surface area (Å²) in [5, 5.41) is 0.368. The van der Waals surface area contributed by atoms with Crippen molar-refractivity contribution < 1.29 is 13.2 Å². The van der Waals surface area contributed by atoms with Gasteiger partial charge in [0.2, 0.25) is 0 Å². The summed E-state index contributed by atoms with van der Waals surface area (Å²) in [7, 11) is -2.28. The lowest BCUT2D eigenvalue weighted by atomic mass is 10.1. The van der Waals surface area contributed by atoms with Gasteiger partial charge in [0, 0.05) is 11.6 Å². The first-order valence-corrected chi connectivity index (χ1v) is 9.30. The fraction of sp³-hybridized carbons (Fsp3) is 0.294. The summed E-state index contributed by atoms with van der Waals surface area (Å²) < 4.78 is 33.2. The molecule has 2 aromatic rings. The van der Waals surface area contributed by atoms with Crippen molar-refractivity contribution >= 4 is 27.3 Å². The molecule has 4 nitrogen and oxygen atoms in total. The van der Waals surface area contributed by atoms with Crippen molar-refractivity contribution in [2.24, 2.45) is 0 Å². The van der Waals surface area contributed by atoms with Gasteiger partial charge in [-0.3, -0.25) is 4.31 Å². The van der Waals surface area contributed by atoms with E-state index in [9.17, 15) is 8.42 Å². The Labute approximate surface area is 141 Å². The molecule has 0 amide bonds. The summed E-state index contributed by atoms with van der Waals surface area (Å²) >= 11 is 6.01. The molecule has 0 saturated heterocycles. The van der Waals surface area contributed by atoms with Crippen molar-refractivity contribution in [2.45, 2.75) is 24.2 Å². The SMILES string of the molecule is COc1ccc(Cl)cc1S(=O)(=O)N1CCCCc2ccccc21. The summed E-state index contributed by atoms with van der Waals surface area (Å²) in [4.78, 5) is 0.101. The van der Waals surface area contributed by atoms with Crippen molar-refractivity contribution in [3.63, 3.8) is 0 Å². The van der Waals surface area contributed by atoms with E-state index in [4.69, 9.17) is 16.3 Å². The molecule has 2 aromatic carbocycles. The summed E-state index contributed by atoms with van der Waals surface area (Å²) in [5.41, 5.74) is 1.79. The highest BCUT2D eigenvalue weighted by Gasteiger charge is 2.30. The van der Waals surface area contributed by atoms with Crippen molar-refractivity contribution in [1.29, 1.82) is 0 Å². The average molecular weight is 352 g/mol. The van der Waals surface area contributed by atoms with E-state index in [-0.39, 0.29) is 4.90 Å². The minimum Gasteiger partial charge on any atom is -0.495 e. The Bertz CT molecular complexity index is 820. The molecule has 3 rings (SSSR count). The minimum atomic E-state index is -3.74. The lowest BCUT2D eigenvalue weighted by Crippen LogP contribution is -2.32. The van der Waals surface area contributed by atoms with Gasteiger partial charge in [-0.25, -0.2) is 8.42 Å². The zero-order valence-corrected chi connectivity index (χ0v) is 14.4. The third-order valence-corrected chi connectivity index (χ3v) is 6.08. The maximum atomic E-state index is 13.2. The topological polar surface area (TPSA) is 46.6 Å². The number of nitrogens with zero attached hydrogens (tertiary/aromatic N) is 1. The standard InChI is InChI=1S/C17H18ClNO3S/c1-22-16-10-9-14(18)12-17(16)23(20,21)19-11-5-4-7-13-6-2-3-8-15(13)19/h2-3,6,8-10,12H,4-5,7,11H2,1H3. The zero-order chi connectivity index (χ0) is 16.4. The molecule has 0 atom stereocenters. The molecular formula is C17H18ClNO3S. The van der Waals surface area contributed by atoms with Gasteiger partial charge in [-0.1, -0.05) is 29.8 Å². The van der Waals surface area contributed by atoms with Crippen LogP contribution in [0.25, 0.3) is 0 Å². The van der Waals surface area contributed by atoms with Gasteiger partial charge < -0.3 is 4.74 Å². The van der Waals surface area contributed by atoms with Gasteiger partial charge in [-0.2, -0.15) is 0 Å². The van der Waals surface area contributed by atoms with Crippen LogP contribution in [-0.2, 0) is 16.4 Å². The van der Waals surface area contributed by atoms with E-state index in [1.807, 2.05) is 24.3 Å².